The van der Waals surface area contributed by atoms with Crippen molar-refractivity contribution in [3.63, 3.8) is 0 Å². The molecule has 0 spiro atoms. The van der Waals surface area contributed by atoms with Gasteiger partial charge in [0.25, 0.3) is 5.91 Å². The molecule has 0 unspecified atom stereocenters. The van der Waals surface area contributed by atoms with Crippen LogP contribution >= 0.6 is 11.3 Å². The number of amides is 2. The van der Waals surface area contributed by atoms with Gasteiger partial charge in [-0.15, -0.1) is 11.3 Å². The molecule has 3 aromatic heterocycles. The van der Waals surface area contributed by atoms with Gasteiger partial charge in [0.1, 0.15) is 10.7 Å². The molecule has 1 aliphatic heterocycles. The molecule has 126 valence electrons. The molecule has 1 fully saturated rings. The number of nitrogens with zero attached hydrogens (tertiary/aromatic N) is 5. The van der Waals surface area contributed by atoms with Crippen LogP contribution < -0.4 is 0 Å². The van der Waals surface area contributed by atoms with Crippen molar-refractivity contribution >= 4 is 23.2 Å². The van der Waals surface area contributed by atoms with Gasteiger partial charge in [-0.25, -0.2) is 15.0 Å². The average molecular weight is 355 g/mol. The van der Waals surface area contributed by atoms with Crippen molar-refractivity contribution in [2.75, 3.05) is 13.1 Å². The fraction of sp³-hybridized carbons (Fsp3) is 0.188. The monoisotopic (exact) mass is 355 g/mol. The van der Waals surface area contributed by atoms with E-state index in [-0.39, 0.29) is 17.6 Å². The molecule has 0 aromatic carbocycles. The summed E-state index contributed by atoms with van der Waals surface area (Å²) >= 11 is 1.37. The van der Waals surface area contributed by atoms with Crippen molar-refractivity contribution < 1.29 is 14.1 Å². The van der Waals surface area contributed by atoms with Gasteiger partial charge in [-0.1, -0.05) is 5.16 Å². The van der Waals surface area contributed by atoms with Crippen LogP contribution in [0.15, 0.2) is 46.7 Å². The third-order valence-corrected chi connectivity index (χ3v) is 4.67. The molecule has 4 rings (SSSR count). The second-order valence-electron chi connectivity index (χ2n) is 5.37. The number of carbonyl (C=O) groups is 2. The summed E-state index contributed by atoms with van der Waals surface area (Å²) in [5, 5.41) is 8.73. The topological polar surface area (TPSA) is 92.4 Å². The molecule has 1 saturated heterocycles. The molecular weight excluding hydrogens is 342 g/mol. The van der Waals surface area contributed by atoms with E-state index in [1.165, 1.54) is 33.6 Å². The molecule has 0 aliphatic carbocycles. The summed E-state index contributed by atoms with van der Waals surface area (Å²) in [7, 11) is 0. The lowest BCUT2D eigenvalue weighted by Gasteiger charge is -2.26. The number of thiazole rings is 1. The third kappa shape index (κ3) is 2.89. The molecule has 2 amide bonds. The highest BCUT2D eigenvalue weighted by Crippen LogP contribution is 2.25. The van der Waals surface area contributed by atoms with Crippen molar-refractivity contribution in [2.45, 2.75) is 6.42 Å². The van der Waals surface area contributed by atoms with Gasteiger partial charge in [-0.3, -0.25) is 14.6 Å². The van der Waals surface area contributed by atoms with Crippen LogP contribution in [0.5, 0.6) is 0 Å². The molecule has 3 aromatic rings. The minimum atomic E-state index is -0.383. The smallest absolute Gasteiger partial charge is 0.311 e. The number of carbonyl (C=O) groups excluding carboxylic acids is 2. The van der Waals surface area contributed by atoms with Gasteiger partial charge in [0.2, 0.25) is 5.76 Å². The number of hydrogen-bond acceptors (Lipinski definition) is 7. The first-order valence-electron chi connectivity index (χ1n) is 7.64. The highest BCUT2D eigenvalue weighted by atomic mass is 32.1. The maximum Gasteiger partial charge on any atom is 0.311 e. The van der Waals surface area contributed by atoms with Crippen LogP contribution in [-0.2, 0) is 0 Å². The molecule has 8 nitrogen and oxygen atoms in total. The van der Waals surface area contributed by atoms with Gasteiger partial charge >= 0.3 is 5.91 Å². The number of hydrazine groups is 1. The first-order chi connectivity index (χ1) is 12.2. The van der Waals surface area contributed by atoms with E-state index in [4.69, 9.17) is 4.52 Å². The van der Waals surface area contributed by atoms with E-state index in [1.54, 1.807) is 17.8 Å². The minimum Gasteiger partial charge on any atom is -0.351 e. The van der Waals surface area contributed by atoms with Crippen LogP contribution in [0.3, 0.4) is 0 Å². The summed E-state index contributed by atoms with van der Waals surface area (Å²) < 4.78 is 4.90. The Balaban J connectivity index is 1.56. The lowest BCUT2D eigenvalue weighted by Crippen LogP contribution is -2.44. The van der Waals surface area contributed by atoms with Crippen LogP contribution in [0, 0.1) is 0 Å². The van der Waals surface area contributed by atoms with E-state index in [0.717, 1.165) is 5.56 Å². The van der Waals surface area contributed by atoms with Gasteiger partial charge in [-0.05, 0) is 18.6 Å². The molecule has 4 heterocycles. The predicted octanol–water partition coefficient (Wildman–Crippen LogP) is 2.10. The Bertz CT molecular complexity index is 894. The molecule has 0 atom stereocenters. The maximum atomic E-state index is 12.8. The number of rotatable bonds is 3. The SMILES string of the molecule is O=C(c1csc(-c2cccnc2)n1)N1CCCN1C(=O)c1ccno1. The van der Waals surface area contributed by atoms with Gasteiger partial charge in [0.05, 0.1) is 6.20 Å². The number of pyridine rings is 1. The molecule has 0 radical (unpaired) electrons. The summed E-state index contributed by atoms with van der Waals surface area (Å²) in [6.45, 7) is 0.906. The molecular formula is C16H13N5O3S. The first-order valence-corrected chi connectivity index (χ1v) is 8.52. The number of aromatic nitrogens is 3. The Morgan fingerprint density at radius 2 is 1.96 bits per heavy atom. The summed E-state index contributed by atoms with van der Waals surface area (Å²) in [5.41, 5.74) is 1.16. The average Bonchev–Trinajstić information content (AvgIpc) is 3.42. The third-order valence-electron chi connectivity index (χ3n) is 3.78. The van der Waals surface area contributed by atoms with Crippen LogP contribution in [-0.4, -0.2) is 50.0 Å². The zero-order valence-electron chi connectivity index (χ0n) is 13.0. The molecule has 0 saturated carbocycles. The largest absolute Gasteiger partial charge is 0.351 e. The second-order valence-corrected chi connectivity index (χ2v) is 6.22. The summed E-state index contributed by atoms with van der Waals surface area (Å²) in [6.07, 6.45) is 5.48. The summed E-state index contributed by atoms with van der Waals surface area (Å²) in [6, 6.07) is 5.18. The molecule has 0 N–H and O–H groups in total. The van der Waals surface area contributed by atoms with Crippen LogP contribution in [0.25, 0.3) is 10.6 Å². The first kappa shape index (κ1) is 15.5. The minimum absolute atomic E-state index is 0.106. The summed E-state index contributed by atoms with van der Waals surface area (Å²) in [4.78, 5) is 33.7. The Hall–Kier alpha value is -3.07. The molecule has 0 bridgehead atoms. The fourth-order valence-electron chi connectivity index (χ4n) is 2.61. The molecule has 25 heavy (non-hydrogen) atoms. The van der Waals surface area contributed by atoms with E-state index in [1.807, 2.05) is 12.1 Å². The van der Waals surface area contributed by atoms with Crippen molar-refractivity contribution in [1.29, 1.82) is 0 Å². The lowest BCUT2D eigenvalue weighted by atomic mass is 10.3. The number of hydrogen-bond donors (Lipinski definition) is 0. The van der Waals surface area contributed by atoms with Gasteiger partial charge in [0, 0.05) is 42.5 Å². The van der Waals surface area contributed by atoms with Crippen LogP contribution in [0.4, 0.5) is 0 Å². The lowest BCUT2D eigenvalue weighted by molar-refractivity contribution is 0.0159. The van der Waals surface area contributed by atoms with Gasteiger partial charge in [-0.2, -0.15) is 0 Å². The highest BCUT2D eigenvalue weighted by molar-refractivity contribution is 7.13. The van der Waals surface area contributed by atoms with E-state index in [9.17, 15) is 9.59 Å². The van der Waals surface area contributed by atoms with Gasteiger partial charge < -0.3 is 4.52 Å². The van der Waals surface area contributed by atoms with E-state index in [0.29, 0.717) is 30.2 Å². The zero-order chi connectivity index (χ0) is 17.2. The van der Waals surface area contributed by atoms with E-state index in [2.05, 4.69) is 15.1 Å². The van der Waals surface area contributed by atoms with Crippen LogP contribution in [0.1, 0.15) is 27.5 Å². The normalized spacial score (nSPS) is 14.1. The second kappa shape index (κ2) is 6.44. The molecule has 1 aliphatic rings. The van der Waals surface area contributed by atoms with Crippen molar-refractivity contribution in [1.82, 2.24) is 25.1 Å². The highest BCUT2D eigenvalue weighted by Gasteiger charge is 2.34. The van der Waals surface area contributed by atoms with Crippen LogP contribution in [0.2, 0.25) is 0 Å². The van der Waals surface area contributed by atoms with Crippen molar-refractivity contribution in [2.24, 2.45) is 0 Å². The molecule has 9 heteroatoms. The maximum absolute atomic E-state index is 12.8. The Labute approximate surface area is 146 Å². The Morgan fingerprint density at radius 1 is 1.12 bits per heavy atom. The zero-order valence-corrected chi connectivity index (χ0v) is 13.8. The standard InChI is InChI=1S/C16H13N5O3S/c22-15(12-10-25-14(19-12)11-3-1-5-17-9-11)20-7-2-8-21(20)16(23)13-4-6-18-24-13/h1,3-6,9-10H,2,7-8H2. The van der Waals surface area contributed by atoms with Crippen molar-refractivity contribution in [3.05, 3.63) is 53.6 Å². The van der Waals surface area contributed by atoms with E-state index >= 15 is 0 Å². The quantitative estimate of drug-likeness (QED) is 0.714. The van der Waals surface area contributed by atoms with Gasteiger partial charge in [0.15, 0.2) is 0 Å². The van der Waals surface area contributed by atoms with Crippen molar-refractivity contribution in [3.8, 4) is 10.6 Å². The van der Waals surface area contributed by atoms with E-state index < -0.39 is 0 Å². The Kier molecular flexibility index (Phi) is 3.98. The predicted molar refractivity (Wildman–Crippen MR) is 88.5 cm³/mol. The summed E-state index contributed by atoms with van der Waals surface area (Å²) in [5.74, 6) is -0.586. The Morgan fingerprint density at radius 3 is 2.68 bits per heavy atom. The fourth-order valence-corrected chi connectivity index (χ4v) is 3.40.